The molecule has 0 aromatic carbocycles. The van der Waals surface area contributed by atoms with Gasteiger partial charge in [0.05, 0.1) is 0 Å². The van der Waals surface area contributed by atoms with Crippen LogP contribution in [0, 0.1) is 0 Å². The summed E-state index contributed by atoms with van der Waals surface area (Å²) >= 11 is 5.32. The maximum Gasteiger partial charge on any atom is 0.321 e. The summed E-state index contributed by atoms with van der Waals surface area (Å²) in [6.07, 6.45) is 1.77. The van der Waals surface area contributed by atoms with Gasteiger partial charge in [0.2, 0.25) is 0 Å². The minimum Gasteiger partial charge on any atom is -0.353 e. The first kappa shape index (κ1) is 9.13. The first-order valence-corrected chi connectivity index (χ1v) is 4.06. The van der Waals surface area contributed by atoms with Crippen molar-refractivity contribution in [3.05, 3.63) is 25.1 Å². The van der Waals surface area contributed by atoms with Gasteiger partial charge >= 0.3 is 5.37 Å². The summed E-state index contributed by atoms with van der Waals surface area (Å²) in [6.45, 7) is 9.47. The highest BCUT2D eigenvalue weighted by Gasteiger charge is 2.25. The molecule has 0 bridgehead atoms. The molecule has 0 atom stereocenters. The number of carbonyl (C=O) groups excluding carboxylic acids is 1. The second-order valence-electron chi connectivity index (χ2n) is 2.56. The molecule has 0 saturated carbocycles. The van der Waals surface area contributed by atoms with E-state index in [4.69, 9.17) is 11.6 Å². The average molecular weight is 187 g/mol. The van der Waals surface area contributed by atoms with E-state index < -0.39 is 5.37 Å². The smallest absolute Gasteiger partial charge is 0.321 e. The Balaban J connectivity index is 2.60. The number of nitrogens with zero attached hydrogens (tertiary/aromatic N) is 2. The fourth-order valence-electron chi connectivity index (χ4n) is 1.19. The summed E-state index contributed by atoms with van der Waals surface area (Å²) < 4.78 is 0. The van der Waals surface area contributed by atoms with Crippen LogP contribution in [0.4, 0.5) is 4.79 Å². The van der Waals surface area contributed by atoms with Gasteiger partial charge in [-0.2, -0.15) is 0 Å². The van der Waals surface area contributed by atoms with Gasteiger partial charge in [-0.15, -0.1) is 6.58 Å². The van der Waals surface area contributed by atoms with Crippen molar-refractivity contribution in [2.24, 2.45) is 0 Å². The Bertz CT molecular complexity index is 227. The van der Waals surface area contributed by atoms with Crippen molar-refractivity contribution < 1.29 is 4.79 Å². The van der Waals surface area contributed by atoms with Gasteiger partial charge in [0.25, 0.3) is 0 Å². The molecule has 1 rings (SSSR count). The molecule has 0 N–H and O–H groups in total. The maximum absolute atomic E-state index is 10.8. The molecule has 1 amide bonds. The molecule has 0 unspecified atom stereocenters. The van der Waals surface area contributed by atoms with Crippen molar-refractivity contribution in [3.8, 4) is 0 Å². The molecular formula is C8H11ClN2O. The molecule has 1 saturated heterocycles. The summed E-state index contributed by atoms with van der Waals surface area (Å²) in [5, 5.41) is -0.466. The summed E-state index contributed by atoms with van der Waals surface area (Å²) in [5.74, 6) is 0.662. The predicted octanol–water partition coefficient (Wildman–Crippen LogP) is 1.62. The molecule has 0 spiro atoms. The van der Waals surface area contributed by atoms with Crippen molar-refractivity contribution in [2.45, 2.75) is 0 Å². The Morgan fingerprint density at radius 3 is 2.75 bits per heavy atom. The van der Waals surface area contributed by atoms with Gasteiger partial charge < -0.3 is 4.90 Å². The molecule has 0 aromatic rings. The molecule has 0 aliphatic carbocycles. The molecular weight excluding hydrogens is 176 g/mol. The fourth-order valence-corrected chi connectivity index (χ4v) is 1.37. The Morgan fingerprint density at radius 1 is 1.67 bits per heavy atom. The fraction of sp³-hybridized carbons (Fsp3) is 0.375. The van der Waals surface area contributed by atoms with Crippen molar-refractivity contribution in [2.75, 3.05) is 19.6 Å². The number of amides is 1. The second-order valence-corrected chi connectivity index (χ2v) is 2.88. The molecule has 66 valence electrons. The summed E-state index contributed by atoms with van der Waals surface area (Å²) in [6, 6.07) is 0. The normalized spacial score (nSPS) is 16.9. The maximum atomic E-state index is 10.8. The number of carbonyl (C=O) groups is 1. The molecule has 3 nitrogen and oxygen atoms in total. The third-order valence-corrected chi connectivity index (χ3v) is 2.04. The lowest BCUT2D eigenvalue weighted by Gasteiger charge is -2.18. The lowest BCUT2D eigenvalue weighted by molar-refractivity contribution is 0.237. The van der Waals surface area contributed by atoms with E-state index in [1.165, 1.54) is 4.90 Å². The number of hydrogen-bond donors (Lipinski definition) is 0. The highest BCUT2D eigenvalue weighted by Crippen LogP contribution is 2.17. The zero-order valence-corrected chi connectivity index (χ0v) is 7.55. The van der Waals surface area contributed by atoms with E-state index in [0.717, 1.165) is 6.54 Å². The number of hydrogen-bond acceptors (Lipinski definition) is 2. The largest absolute Gasteiger partial charge is 0.353 e. The first-order valence-electron chi connectivity index (χ1n) is 3.68. The van der Waals surface area contributed by atoms with Gasteiger partial charge in [-0.3, -0.25) is 9.69 Å². The third kappa shape index (κ3) is 1.61. The molecule has 4 heteroatoms. The zero-order valence-electron chi connectivity index (χ0n) is 6.79. The average Bonchev–Trinajstić information content (AvgIpc) is 2.34. The first-order chi connectivity index (χ1) is 5.66. The van der Waals surface area contributed by atoms with E-state index in [9.17, 15) is 4.79 Å². The van der Waals surface area contributed by atoms with Crippen LogP contribution < -0.4 is 0 Å². The van der Waals surface area contributed by atoms with E-state index in [-0.39, 0.29) is 0 Å². The molecule has 12 heavy (non-hydrogen) atoms. The van der Waals surface area contributed by atoms with E-state index in [1.807, 2.05) is 4.90 Å². The van der Waals surface area contributed by atoms with Gasteiger partial charge in [0.1, 0.15) is 5.82 Å². The minimum absolute atomic E-state index is 0.466. The van der Waals surface area contributed by atoms with Gasteiger partial charge in [-0.25, -0.2) is 0 Å². The third-order valence-electron chi connectivity index (χ3n) is 1.83. The quantitative estimate of drug-likeness (QED) is 0.372. The van der Waals surface area contributed by atoms with Crippen LogP contribution in [-0.4, -0.2) is 34.8 Å². The highest BCUT2D eigenvalue weighted by molar-refractivity contribution is 6.63. The lowest BCUT2D eigenvalue weighted by atomic mass is 10.5. The minimum atomic E-state index is -0.466. The highest BCUT2D eigenvalue weighted by atomic mass is 35.5. The van der Waals surface area contributed by atoms with Crippen LogP contribution in [0.5, 0.6) is 0 Å². The predicted molar refractivity (Wildman–Crippen MR) is 48.9 cm³/mol. The van der Waals surface area contributed by atoms with Crippen LogP contribution in [-0.2, 0) is 0 Å². The van der Waals surface area contributed by atoms with Crippen LogP contribution in [0.25, 0.3) is 0 Å². The molecule has 1 fully saturated rings. The van der Waals surface area contributed by atoms with E-state index in [2.05, 4.69) is 13.2 Å². The van der Waals surface area contributed by atoms with Crippen molar-refractivity contribution in [1.82, 2.24) is 9.80 Å². The van der Waals surface area contributed by atoms with Crippen molar-refractivity contribution in [3.63, 3.8) is 0 Å². The van der Waals surface area contributed by atoms with Crippen LogP contribution >= 0.6 is 11.6 Å². The molecule has 1 aliphatic heterocycles. The Kier molecular flexibility index (Phi) is 2.76. The Hall–Kier alpha value is -0.960. The summed E-state index contributed by atoms with van der Waals surface area (Å²) in [7, 11) is 0. The van der Waals surface area contributed by atoms with E-state index >= 15 is 0 Å². The van der Waals surface area contributed by atoms with Crippen LogP contribution in [0.1, 0.15) is 0 Å². The monoisotopic (exact) mass is 186 g/mol. The van der Waals surface area contributed by atoms with Crippen molar-refractivity contribution >= 4 is 17.0 Å². The lowest BCUT2D eigenvalue weighted by Crippen LogP contribution is -2.23. The van der Waals surface area contributed by atoms with Crippen LogP contribution in [0.15, 0.2) is 25.1 Å². The topological polar surface area (TPSA) is 23.6 Å². The number of halogens is 1. The van der Waals surface area contributed by atoms with Crippen LogP contribution in [0.2, 0.25) is 0 Å². The molecule has 0 aromatic heterocycles. The van der Waals surface area contributed by atoms with Gasteiger partial charge in [-0.05, 0) is 11.6 Å². The van der Waals surface area contributed by atoms with Gasteiger partial charge in [0, 0.05) is 19.6 Å². The number of rotatable bonds is 2. The van der Waals surface area contributed by atoms with Crippen molar-refractivity contribution in [1.29, 1.82) is 0 Å². The van der Waals surface area contributed by atoms with Gasteiger partial charge in [-0.1, -0.05) is 12.7 Å². The zero-order chi connectivity index (χ0) is 9.14. The molecule has 1 aliphatic rings. The summed E-state index contributed by atoms with van der Waals surface area (Å²) in [5.41, 5.74) is 0. The summed E-state index contributed by atoms with van der Waals surface area (Å²) in [4.78, 5) is 14.2. The standard InChI is InChI=1S/C8H11ClN2O/c1-3-4-10-5-6-11(7(10)2)8(9)12/h3H,1-2,4-6H2. The SMILES string of the molecule is C=CCN1CCN(C(=O)Cl)C1=C. The second kappa shape index (κ2) is 3.63. The molecule has 0 radical (unpaired) electrons. The van der Waals surface area contributed by atoms with Crippen LogP contribution in [0.3, 0.4) is 0 Å². The van der Waals surface area contributed by atoms with Gasteiger partial charge in [0.15, 0.2) is 0 Å². The molecule has 1 heterocycles. The van der Waals surface area contributed by atoms with E-state index in [1.54, 1.807) is 6.08 Å². The Morgan fingerprint density at radius 2 is 2.33 bits per heavy atom. The Labute approximate surface area is 76.9 Å². The van der Waals surface area contributed by atoms with E-state index in [0.29, 0.717) is 18.9 Å².